The first-order chi connectivity index (χ1) is 9.93. The first kappa shape index (κ1) is 17.1. The Morgan fingerprint density at radius 1 is 1.33 bits per heavy atom. The lowest BCUT2D eigenvalue weighted by Crippen LogP contribution is -2.18. The van der Waals surface area contributed by atoms with E-state index < -0.39 is 5.97 Å². The summed E-state index contributed by atoms with van der Waals surface area (Å²) in [6, 6.07) is 1.40. The van der Waals surface area contributed by atoms with Gasteiger partial charge in [0.15, 0.2) is 0 Å². The molecule has 0 saturated carbocycles. The number of rotatable bonds is 8. The van der Waals surface area contributed by atoms with Gasteiger partial charge in [-0.3, -0.25) is 9.78 Å². The molecule has 0 saturated heterocycles. The second-order valence-corrected chi connectivity index (χ2v) is 5.44. The van der Waals surface area contributed by atoms with E-state index in [2.05, 4.69) is 24.1 Å². The van der Waals surface area contributed by atoms with Crippen molar-refractivity contribution in [2.45, 2.75) is 33.1 Å². The van der Waals surface area contributed by atoms with Crippen LogP contribution in [0.5, 0.6) is 0 Å². The number of nitrogens with zero attached hydrogens (tertiary/aromatic N) is 1. The van der Waals surface area contributed by atoms with Gasteiger partial charge in [-0.15, -0.1) is 0 Å². The summed E-state index contributed by atoms with van der Waals surface area (Å²) in [5.74, 6) is -0.300. The Kier molecular flexibility index (Phi) is 6.81. The van der Waals surface area contributed by atoms with Crippen LogP contribution < -0.4 is 11.1 Å². The zero-order chi connectivity index (χ0) is 15.8. The van der Waals surface area contributed by atoms with Crippen LogP contribution in [0.1, 0.15) is 43.5 Å². The number of carboxylic acid groups (broad SMARTS) is 1. The fourth-order valence-electron chi connectivity index (χ4n) is 2.19. The third-order valence-electron chi connectivity index (χ3n) is 3.49. The van der Waals surface area contributed by atoms with Gasteiger partial charge in [-0.05, 0) is 37.3 Å². The third kappa shape index (κ3) is 5.91. The third-order valence-corrected chi connectivity index (χ3v) is 3.49. The molecule has 0 spiro atoms. The molecule has 0 aromatic carbocycles. The minimum atomic E-state index is -1.07. The number of carboxylic acids is 1. The number of carbonyl (C=O) groups is 2. The molecule has 0 radical (unpaired) electrons. The highest BCUT2D eigenvalue weighted by Gasteiger charge is 2.15. The SMILES string of the molecule is CC(C)C(CCN)CCC(=O)Nc1cncc(C(=O)O)c1. The fourth-order valence-corrected chi connectivity index (χ4v) is 2.19. The van der Waals surface area contributed by atoms with E-state index in [1.54, 1.807) is 0 Å². The molecule has 0 bridgehead atoms. The van der Waals surface area contributed by atoms with Crippen LogP contribution in [-0.2, 0) is 4.79 Å². The number of amides is 1. The summed E-state index contributed by atoms with van der Waals surface area (Å²) >= 11 is 0. The quantitative estimate of drug-likeness (QED) is 0.681. The number of aromatic nitrogens is 1. The van der Waals surface area contributed by atoms with Gasteiger partial charge in [0.1, 0.15) is 0 Å². The summed E-state index contributed by atoms with van der Waals surface area (Å²) in [6.45, 7) is 4.87. The Morgan fingerprint density at radius 2 is 2.05 bits per heavy atom. The lowest BCUT2D eigenvalue weighted by molar-refractivity contribution is -0.116. The summed E-state index contributed by atoms with van der Waals surface area (Å²) in [4.78, 5) is 26.5. The maximum absolute atomic E-state index is 11.9. The van der Waals surface area contributed by atoms with Crippen molar-refractivity contribution < 1.29 is 14.7 Å². The van der Waals surface area contributed by atoms with Crippen molar-refractivity contribution in [3.63, 3.8) is 0 Å². The van der Waals surface area contributed by atoms with Gasteiger partial charge in [-0.1, -0.05) is 13.8 Å². The largest absolute Gasteiger partial charge is 0.478 e. The molecule has 6 nitrogen and oxygen atoms in total. The molecule has 1 aromatic rings. The maximum Gasteiger partial charge on any atom is 0.337 e. The normalized spacial score (nSPS) is 12.2. The van der Waals surface area contributed by atoms with E-state index in [4.69, 9.17) is 10.8 Å². The average Bonchev–Trinajstić information content (AvgIpc) is 2.43. The molecule has 1 rings (SSSR count). The smallest absolute Gasteiger partial charge is 0.337 e. The van der Waals surface area contributed by atoms with Crippen molar-refractivity contribution in [3.8, 4) is 0 Å². The summed E-state index contributed by atoms with van der Waals surface area (Å²) in [5.41, 5.74) is 6.03. The zero-order valence-electron chi connectivity index (χ0n) is 12.5. The number of hydrogen-bond acceptors (Lipinski definition) is 4. The summed E-state index contributed by atoms with van der Waals surface area (Å²) in [5, 5.41) is 11.6. The molecule has 0 fully saturated rings. The van der Waals surface area contributed by atoms with Gasteiger partial charge < -0.3 is 16.2 Å². The van der Waals surface area contributed by atoms with Crippen LogP contribution in [0, 0.1) is 11.8 Å². The standard InChI is InChI=1S/C15H23N3O3/c1-10(2)11(5-6-16)3-4-14(19)18-13-7-12(15(20)21)8-17-9-13/h7-11H,3-6,16H2,1-2H3,(H,18,19)(H,20,21). The van der Waals surface area contributed by atoms with Crippen LogP contribution in [0.2, 0.25) is 0 Å². The summed E-state index contributed by atoms with van der Waals surface area (Å²) in [7, 11) is 0. The predicted molar refractivity (Wildman–Crippen MR) is 81.1 cm³/mol. The molecule has 21 heavy (non-hydrogen) atoms. The fraction of sp³-hybridized carbons (Fsp3) is 0.533. The molecule has 116 valence electrons. The van der Waals surface area contributed by atoms with Crippen LogP contribution >= 0.6 is 0 Å². The van der Waals surface area contributed by atoms with Gasteiger partial charge in [0, 0.05) is 12.6 Å². The number of pyridine rings is 1. The predicted octanol–water partition coefficient (Wildman–Crippen LogP) is 2.12. The Labute approximate surface area is 124 Å². The first-order valence-corrected chi connectivity index (χ1v) is 7.12. The van der Waals surface area contributed by atoms with Crippen molar-refractivity contribution in [3.05, 3.63) is 24.0 Å². The topological polar surface area (TPSA) is 105 Å². The lowest BCUT2D eigenvalue weighted by Gasteiger charge is -2.19. The lowest BCUT2D eigenvalue weighted by atomic mass is 9.88. The highest BCUT2D eigenvalue weighted by atomic mass is 16.4. The van der Waals surface area contributed by atoms with Crippen molar-refractivity contribution >= 4 is 17.6 Å². The number of nitrogens with one attached hydrogen (secondary N) is 1. The molecule has 1 aromatic heterocycles. The van der Waals surface area contributed by atoms with Gasteiger partial charge >= 0.3 is 5.97 Å². The van der Waals surface area contributed by atoms with E-state index in [0.29, 0.717) is 30.5 Å². The minimum Gasteiger partial charge on any atom is -0.478 e. The zero-order valence-corrected chi connectivity index (χ0v) is 12.5. The molecule has 6 heteroatoms. The molecule has 1 amide bonds. The monoisotopic (exact) mass is 293 g/mol. The molecule has 0 aliphatic rings. The van der Waals surface area contributed by atoms with Crippen molar-refractivity contribution in [1.29, 1.82) is 0 Å². The van der Waals surface area contributed by atoms with Crippen LogP contribution in [0.3, 0.4) is 0 Å². The van der Waals surface area contributed by atoms with Gasteiger partial charge in [0.25, 0.3) is 0 Å². The van der Waals surface area contributed by atoms with Crippen LogP contribution in [-0.4, -0.2) is 28.5 Å². The first-order valence-electron chi connectivity index (χ1n) is 7.12. The molecule has 1 heterocycles. The summed E-state index contributed by atoms with van der Waals surface area (Å²) < 4.78 is 0. The molecule has 4 N–H and O–H groups in total. The van der Waals surface area contributed by atoms with Crippen LogP contribution in [0.25, 0.3) is 0 Å². The molecular formula is C15H23N3O3. The van der Waals surface area contributed by atoms with Crippen molar-refractivity contribution in [2.75, 3.05) is 11.9 Å². The number of carbonyl (C=O) groups excluding carboxylic acids is 1. The molecule has 1 unspecified atom stereocenters. The Morgan fingerprint density at radius 3 is 2.62 bits per heavy atom. The Balaban J connectivity index is 2.53. The van der Waals surface area contributed by atoms with Crippen LogP contribution in [0.15, 0.2) is 18.5 Å². The van der Waals surface area contributed by atoms with E-state index in [9.17, 15) is 9.59 Å². The van der Waals surface area contributed by atoms with E-state index in [-0.39, 0.29) is 11.5 Å². The minimum absolute atomic E-state index is 0.0518. The van der Waals surface area contributed by atoms with E-state index in [1.165, 1.54) is 18.5 Å². The second-order valence-electron chi connectivity index (χ2n) is 5.44. The molecule has 0 aliphatic heterocycles. The highest BCUT2D eigenvalue weighted by Crippen LogP contribution is 2.20. The van der Waals surface area contributed by atoms with E-state index >= 15 is 0 Å². The number of aromatic carboxylic acids is 1. The van der Waals surface area contributed by atoms with Gasteiger partial charge in [0.2, 0.25) is 5.91 Å². The second kappa shape index (κ2) is 8.36. The number of hydrogen-bond donors (Lipinski definition) is 3. The van der Waals surface area contributed by atoms with Crippen LogP contribution in [0.4, 0.5) is 5.69 Å². The number of nitrogens with two attached hydrogens (primary N) is 1. The van der Waals surface area contributed by atoms with Gasteiger partial charge in [-0.2, -0.15) is 0 Å². The Bertz CT molecular complexity index is 489. The van der Waals surface area contributed by atoms with Crippen molar-refractivity contribution in [1.82, 2.24) is 4.98 Å². The summed E-state index contributed by atoms with van der Waals surface area (Å²) in [6.07, 6.45) is 4.74. The average molecular weight is 293 g/mol. The maximum atomic E-state index is 11.9. The number of anilines is 1. The van der Waals surface area contributed by atoms with Gasteiger partial charge in [-0.25, -0.2) is 4.79 Å². The molecular weight excluding hydrogens is 270 g/mol. The molecule has 0 aliphatic carbocycles. The van der Waals surface area contributed by atoms with E-state index in [1.807, 2.05) is 0 Å². The van der Waals surface area contributed by atoms with Crippen molar-refractivity contribution in [2.24, 2.45) is 17.6 Å². The Hall–Kier alpha value is -1.95. The molecule has 1 atom stereocenters. The highest BCUT2D eigenvalue weighted by molar-refractivity contribution is 5.93. The van der Waals surface area contributed by atoms with Gasteiger partial charge in [0.05, 0.1) is 17.4 Å². The van der Waals surface area contributed by atoms with E-state index in [0.717, 1.165) is 12.8 Å².